The Hall–Kier alpha value is -3.46. The number of nitrogens with zero attached hydrogens (tertiary/aromatic N) is 2. The first-order valence-corrected chi connectivity index (χ1v) is 10.9. The number of amides is 2. The normalized spacial score (nSPS) is 11.7. The molecule has 9 heteroatoms. The first kappa shape index (κ1) is 23.2. The van der Waals surface area contributed by atoms with E-state index >= 15 is 0 Å². The number of benzene rings is 2. The largest absolute Gasteiger partial charge is 0.325 e. The number of carbonyl (C=O) groups excluding carboxylic acids is 2. The zero-order valence-corrected chi connectivity index (χ0v) is 19.4. The minimum absolute atomic E-state index is 0.0917. The average Bonchev–Trinajstić information content (AvgIpc) is 2.72. The fourth-order valence-corrected chi connectivity index (χ4v) is 3.78. The summed E-state index contributed by atoms with van der Waals surface area (Å²) in [6.45, 7) is 8.95. The number of anilines is 2. The summed E-state index contributed by atoms with van der Waals surface area (Å²) in [5.74, 6) is -0.461. The minimum Gasteiger partial charge on any atom is -0.325 e. The van der Waals surface area contributed by atoms with E-state index in [0.717, 1.165) is 28.5 Å². The standard InChI is InChI=1S/C23H25N5O3S/c1-12-9-10-17(11-14(12)3)25-21(30)15(4)32-23-26-22(31)20(27-28-23)18-8-6-7-13(2)19(18)24-16(5)29/h6-11,15H,1-5H3,(H,24,29)(H,25,30)(H,26,28,31)/t15-/m1/s1. The van der Waals surface area contributed by atoms with Crippen LogP contribution in [0, 0.1) is 20.8 Å². The Balaban J connectivity index is 1.78. The Morgan fingerprint density at radius 1 is 1.00 bits per heavy atom. The number of nitrogens with one attached hydrogen (secondary N) is 3. The SMILES string of the molecule is CC(=O)Nc1c(C)cccc1-c1nnc(S[C@H](C)C(=O)Nc2ccc(C)c(C)c2)[nH]c1=O. The highest BCUT2D eigenvalue weighted by Crippen LogP contribution is 2.28. The summed E-state index contributed by atoms with van der Waals surface area (Å²) in [5, 5.41) is 13.5. The summed E-state index contributed by atoms with van der Waals surface area (Å²) < 4.78 is 0. The maximum absolute atomic E-state index is 12.7. The predicted molar refractivity (Wildman–Crippen MR) is 127 cm³/mol. The van der Waals surface area contributed by atoms with Gasteiger partial charge in [-0.05, 0) is 56.5 Å². The first-order valence-electron chi connectivity index (χ1n) is 10.0. The molecule has 0 fully saturated rings. The molecule has 0 radical (unpaired) electrons. The van der Waals surface area contributed by atoms with E-state index in [1.165, 1.54) is 6.92 Å². The van der Waals surface area contributed by atoms with Gasteiger partial charge in [0.15, 0.2) is 10.9 Å². The Labute approximate surface area is 190 Å². The zero-order chi connectivity index (χ0) is 23.4. The number of para-hydroxylation sites is 1. The van der Waals surface area contributed by atoms with Crippen molar-refractivity contribution in [1.82, 2.24) is 15.2 Å². The van der Waals surface area contributed by atoms with E-state index in [2.05, 4.69) is 25.8 Å². The van der Waals surface area contributed by atoms with Crippen LogP contribution in [0.1, 0.15) is 30.5 Å². The Kier molecular flexibility index (Phi) is 7.09. The van der Waals surface area contributed by atoms with Gasteiger partial charge in [-0.25, -0.2) is 0 Å². The zero-order valence-electron chi connectivity index (χ0n) is 18.6. The lowest BCUT2D eigenvalue weighted by molar-refractivity contribution is -0.115. The van der Waals surface area contributed by atoms with Gasteiger partial charge in [-0.15, -0.1) is 10.2 Å². The van der Waals surface area contributed by atoms with Crippen LogP contribution in [-0.2, 0) is 9.59 Å². The molecule has 3 aromatic rings. The molecule has 0 bridgehead atoms. The van der Waals surface area contributed by atoms with E-state index in [1.807, 2.05) is 45.0 Å². The number of aromatic amines is 1. The third kappa shape index (κ3) is 5.42. The van der Waals surface area contributed by atoms with Gasteiger partial charge in [-0.1, -0.05) is 36.0 Å². The molecule has 0 unspecified atom stereocenters. The summed E-state index contributed by atoms with van der Waals surface area (Å²) in [5.41, 5.74) is 4.37. The molecule has 166 valence electrons. The highest BCUT2D eigenvalue weighted by atomic mass is 32.2. The summed E-state index contributed by atoms with van der Waals surface area (Å²) in [6.07, 6.45) is 0. The van der Waals surface area contributed by atoms with Crippen molar-refractivity contribution in [2.24, 2.45) is 0 Å². The van der Waals surface area contributed by atoms with Gasteiger partial charge in [-0.3, -0.25) is 19.4 Å². The number of hydrogen-bond acceptors (Lipinski definition) is 6. The number of aromatic nitrogens is 3. The van der Waals surface area contributed by atoms with Gasteiger partial charge in [-0.2, -0.15) is 0 Å². The lowest BCUT2D eigenvalue weighted by Gasteiger charge is -2.13. The molecule has 0 aliphatic rings. The van der Waals surface area contributed by atoms with Gasteiger partial charge >= 0.3 is 0 Å². The molecule has 1 atom stereocenters. The molecule has 1 aromatic heterocycles. The van der Waals surface area contributed by atoms with Crippen LogP contribution in [0.25, 0.3) is 11.3 Å². The molecule has 0 aliphatic heterocycles. The third-order valence-electron chi connectivity index (χ3n) is 4.94. The van der Waals surface area contributed by atoms with Crippen molar-refractivity contribution >= 4 is 35.0 Å². The van der Waals surface area contributed by atoms with E-state index < -0.39 is 10.8 Å². The van der Waals surface area contributed by atoms with Gasteiger partial charge in [0.1, 0.15) is 0 Å². The summed E-state index contributed by atoms with van der Waals surface area (Å²) in [4.78, 5) is 39.5. The average molecular weight is 452 g/mol. The monoisotopic (exact) mass is 451 g/mol. The molecule has 0 spiro atoms. The van der Waals surface area contributed by atoms with Crippen molar-refractivity contribution < 1.29 is 9.59 Å². The minimum atomic E-state index is -0.513. The Morgan fingerprint density at radius 3 is 2.41 bits per heavy atom. The topological polar surface area (TPSA) is 117 Å². The second kappa shape index (κ2) is 9.78. The van der Waals surface area contributed by atoms with Crippen LogP contribution in [0.2, 0.25) is 0 Å². The Bertz CT molecular complexity index is 1240. The van der Waals surface area contributed by atoms with Gasteiger partial charge in [0.25, 0.3) is 5.56 Å². The molecular formula is C23H25N5O3S. The van der Waals surface area contributed by atoms with Crippen molar-refractivity contribution in [2.75, 3.05) is 10.6 Å². The highest BCUT2D eigenvalue weighted by molar-refractivity contribution is 8.00. The fourth-order valence-electron chi connectivity index (χ4n) is 3.04. The number of aryl methyl sites for hydroxylation is 3. The van der Waals surface area contributed by atoms with Crippen molar-refractivity contribution in [3.63, 3.8) is 0 Å². The van der Waals surface area contributed by atoms with Crippen LogP contribution in [0.3, 0.4) is 0 Å². The maximum Gasteiger partial charge on any atom is 0.278 e. The number of H-pyrrole nitrogens is 1. The van der Waals surface area contributed by atoms with Crippen molar-refractivity contribution in [3.05, 3.63) is 63.4 Å². The number of hydrogen-bond donors (Lipinski definition) is 3. The lowest BCUT2D eigenvalue weighted by Crippen LogP contribution is -2.24. The second-order valence-electron chi connectivity index (χ2n) is 7.53. The molecule has 2 aromatic carbocycles. The molecule has 0 saturated heterocycles. The van der Waals surface area contributed by atoms with E-state index in [9.17, 15) is 14.4 Å². The summed E-state index contributed by atoms with van der Waals surface area (Å²) in [7, 11) is 0. The molecule has 3 rings (SSSR count). The highest BCUT2D eigenvalue weighted by Gasteiger charge is 2.19. The van der Waals surface area contributed by atoms with Crippen LogP contribution >= 0.6 is 11.8 Å². The fraction of sp³-hybridized carbons (Fsp3) is 0.261. The first-order chi connectivity index (χ1) is 15.2. The van der Waals surface area contributed by atoms with E-state index in [1.54, 1.807) is 19.1 Å². The van der Waals surface area contributed by atoms with Crippen molar-refractivity contribution in [1.29, 1.82) is 0 Å². The number of rotatable bonds is 6. The van der Waals surface area contributed by atoms with Gasteiger partial charge in [0.05, 0.1) is 10.9 Å². The van der Waals surface area contributed by atoms with Gasteiger partial charge in [0, 0.05) is 18.2 Å². The van der Waals surface area contributed by atoms with Crippen LogP contribution in [0.4, 0.5) is 11.4 Å². The number of thioether (sulfide) groups is 1. The van der Waals surface area contributed by atoms with Crippen LogP contribution in [0.15, 0.2) is 46.3 Å². The third-order valence-corrected chi connectivity index (χ3v) is 5.91. The predicted octanol–water partition coefficient (Wildman–Crippen LogP) is 3.83. The maximum atomic E-state index is 12.7. The Morgan fingerprint density at radius 2 is 1.75 bits per heavy atom. The lowest BCUT2D eigenvalue weighted by atomic mass is 10.1. The molecule has 32 heavy (non-hydrogen) atoms. The smallest absolute Gasteiger partial charge is 0.278 e. The van der Waals surface area contributed by atoms with E-state index in [4.69, 9.17) is 0 Å². The van der Waals surface area contributed by atoms with E-state index in [-0.39, 0.29) is 22.7 Å². The molecule has 3 N–H and O–H groups in total. The van der Waals surface area contributed by atoms with Crippen LogP contribution in [-0.4, -0.2) is 32.2 Å². The molecular weight excluding hydrogens is 426 g/mol. The molecule has 1 heterocycles. The van der Waals surface area contributed by atoms with E-state index in [0.29, 0.717) is 16.9 Å². The second-order valence-corrected chi connectivity index (χ2v) is 8.86. The van der Waals surface area contributed by atoms with Crippen molar-refractivity contribution in [3.8, 4) is 11.3 Å². The molecule has 2 amide bonds. The summed E-state index contributed by atoms with van der Waals surface area (Å²) >= 11 is 1.10. The van der Waals surface area contributed by atoms with Crippen molar-refractivity contribution in [2.45, 2.75) is 45.0 Å². The van der Waals surface area contributed by atoms with Crippen LogP contribution < -0.4 is 16.2 Å². The van der Waals surface area contributed by atoms with Gasteiger partial charge in [0.2, 0.25) is 11.8 Å². The van der Waals surface area contributed by atoms with Gasteiger partial charge < -0.3 is 10.6 Å². The molecule has 0 aliphatic carbocycles. The quantitative estimate of drug-likeness (QED) is 0.490. The summed E-state index contributed by atoms with van der Waals surface area (Å²) in [6, 6.07) is 11.0. The number of carbonyl (C=O) groups is 2. The molecule has 8 nitrogen and oxygen atoms in total. The van der Waals surface area contributed by atoms with Crippen LogP contribution in [0.5, 0.6) is 0 Å². The molecule has 0 saturated carbocycles.